The number of likely N-dealkylation sites (tertiary alicyclic amines) is 1. The van der Waals surface area contributed by atoms with Crippen LogP contribution in [0.25, 0.3) is 0 Å². The molecule has 1 fully saturated rings. The fraction of sp³-hybridized carbons (Fsp3) is 0.917. The normalized spacial score (nSPS) is 21.9. The second-order valence-corrected chi connectivity index (χ2v) is 5.41. The standard InChI is InChI=1S/C12H23NO2/c1-5-8-15-11(14)13-7-6-10(9-13)12(2,3)4/h10H,5-9H2,1-4H3. The van der Waals surface area contributed by atoms with Crippen LogP contribution in [0, 0.1) is 11.3 Å². The smallest absolute Gasteiger partial charge is 0.409 e. The minimum absolute atomic E-state index is 0.136. The molecule has 0 aromatic carbocycles. The van der Waals surface area contributed by atoms with E-state index in [1.54, 1.807) is 0 Å². The molecule has 0 N–H and O–H groups in total. The molecule has 0 aromatic rings. The number of nitrogens with zero attached hydrogens (tertiary/aromatic N) is 1. The third kappa shape index (κ3) is 3.40. The zero-order valence-corrected chi connectivity index (χ0v) is 10.4. The molecule has 1 aliphatic rings. The van der Waals surface area contributed by atoms with Gasteiger partial charge in [0.15, 0.2) is 0 Å². The molecular formula is C12H23NO2. The second kappa shape index (κ2) is 4.86. The molecule has 3 nitrogen and oxygen atoms in total. The Bertz CT molecular complexity index is 220. The Labute approximate surface area is 92.8 Å². The van der Waals surface area contributed by atoms with Crippen molar-refractivity contribution in [2.45, 2.75) is 40.5 Å². The molecule has 0 aliphatic carbocycles. The van der Waals surface area contributed by atoms with Crippen molar-refractivity contribution < 1.29 is 9.53 Å². The van der Waals surface area contributed by atoms with E-state index < -0.39 is 0 Å². The van der Waals surface area contributed by atoms with Gasteiger partial charge in [0, 0.05) is 13.1 Å². The Balaban J connectivity index is 2.39. The molecular weight excluding hydrogens is 190 g/mol. The molecule has 0 radical (unpaired) electrons. The maximum atomic E-state index is 11.6. The molecule has 1 aliphatic heterocycles. The van der Waals surface area contributed by atoms with Crippen LogP contribution in [-0.2, 0) is 4.74 Å². The van der Waals surface area contributed by atoms with Gasteiger partial charge in [0.2, 0.25) is 0 Å². The van der Waals surface area contributed by atoms with Gasteiger partial charge in [-0.2, -0.15) is 0 Å². The molecule has 1 unspecified atom stereocenters. The summed E-state index contributed by atoms with van der Waals surface area (Å²) in [6.45, 7) is 11.0. The van der Waals surface area contributed by atoms with Crippen LogP contribution in [0.1, 0.15) is 40.5 Å². The van der Waals surface area contributed by atoms with E-state index in [1.165, 1.54) is 0 Å². The van der Waals surface area contributed by atoms with Crippen LogP contribution in [0.3, 0.4) is 0 Å². The maximum Gasteiger partial charge on any atom is 0.409 e. The number of ether oxygens (including phenoxy) is 1. The van der Waals surface area contributed by atoms with Crippen LogP contribution in [-0.4, -0.2) is 30.7 Å². The van der Waals surface area contributed by atoms with E-state index in [0.29, 0.717) is 17.9 Å². The van der Waals surface area contributed by atoms with Crippen LogP contribution in [0.4, 0.5) is 4.79 Å². The summed E-state index contributed by atoms with van der Waals surface area (Å²) in [5, 5.41) is 0. The van der Waals surface area contributed by atoms with Crippen molar-refractivity contribution >= 4 is 6.09 Å². The van der Waals surface area contributed by atoms with E-state index in [1.807, 2.05) is 11.8 Å². The van der Waals surface area contributed by atoms with Crippen molar-refractivity contribution in [1.29, 1.82) is 0 Å². The van der Waals surface area contributed by atoms with E-state index in [2.05, 4.69) is 20.8 Å². The predicted octanol–water partition coefficient (Wildman–Crippen LogP) is 2.90. The van der Waals surface area contributed by atoms with Crippen LogP contribution in [0.15, 0.2) is 0 Å². The Kier molecular flexibility index (Phi) is 4.00. The van der Waals surface area contributed by atoms with Gasteiger partial charge < -0.3 is 9.64 Å². The van der Waals surface area contributed by atoms with Gasteiger partial charge in [-0.25, -0.2) is 4.79 Å². The molecule has 1 rings (SSSR count). The summed E-state index contributed by atoms with van der Waals surface area (Å²) in [5.41, 5.74) is 0.291. The first-order valence-corrected chi connectivity index (χ1v) is 5.87. The van der Waals surface area contributed by atoms with Gasteiger partial charge in [0.05, 0.1) is 6.61 Å². The van der Waals surface area contributed by atoms with E-state index in [0.717, 1.165) is 25.9 Å². The number of hydrogen-bond acceptors (Lipinski definition) is 2. The second-order valence-electron chi connectivity index (χ2n) is 5.41. The van der Waals surface area contributed by atoms with E-state index >= 15 is 0 Å². The molecule has 15 heavy (non-hydrogen) atoms. The summed E-state index contributed by atoms with van der Waals surface area (Å²) < 4.78 is 5.12. The summed E-state index contributed by atoms with van der Waals surface area (Å²) in [5.74, 6) is 0.603. The highest BCUT2D eigenvalue weighted by Crippen LogP contribution is 2.33. The molecule has 0 spiro atoms. The van der Waals surface area contributed by atoms with Crippen molar-refractivity contribution in [3.05, 3.63) is 0 Å². The highest BCUT2D eigenvalue weighted by molar-refractivity contribution is 5.67. The fourth-order valence-corrected chi connectivity index (χ4v) is 1.91. The lowest BCUT2D eigenvalue weighted by Gasteiger charge is -2.26. The average molecular weight is 213 g/mol. The van der Waals surface area contributed by atoms with Crippen LogP contribution in [0.5, 0.6) is 0 Å². The SMILES string of the molecule is CCCOC(=O)N1CCC(C(C)(C)C)C1. The lowest BCUT2D eigenvalue weighted by atomic mass is 9.80. The monoisotopic (exact) mass is 213 g/mol. The Morgan fingerprint density at radius 3 is 2.60 bits per heavy atom. The molecule has 1 amide bonds. The third-order valence-electron chi connectivity index (χ3n) is 3.10. The fourth-order valence-electron chi connectivity index (χ4n) is 1.91. The third-order valence-corrected chi connectivity index (χ3v) is 3.10. The number of hydrogen-bond donors (Lipinski definition) is 0. The van der Waals surface area contributed by atoms with E-state index in [-0.39, 0.29) is 6.09 Å². The highest BCUT2D eigenvalue weighted by atomic mass is 16.6. The van der Waals surface area contributed by atoms with Crippen molar-refractivity contribution in [2.24, 2.45) is 11.3 Å². The highest BCUT2D eigenvalue weighted by Gasteiger charge is 2.34. The topological polar surface area (TPSA) is 29.5 Å². The van der Waals surface area contributed by atoms with Crippen molar-refractivity contribution in [3.8, 4) is 0 Å². The van der Waals surface area contributed by atoms with Gasteiger partial charge in [-0.3, -0.25) is 0 Å². The average Bonchev–Trinajstić information content (AvgIpc) is 2.62. The summed E-state index contributed by atoms with van der Waals surface area (Å²) >= 11 is 0. The van der Waals surface area contributed by atoms with Crippen LogP contribution < -0.4 is 0 Å². The molecule has 0 aromatic heterocycles. The zero-order chi connectivity index (χ0) is 11.5. The minimum Gasteiger partial charge on any atom is -0.449 e. The van der Waals surface area contributed by atoms with Gasteiger partial charge in [-0.1, -0.05) is 27.7 Å². The van der Waals surface area contributed by atoms with E-state index in [4.69, 9.17) is 4.74 Å². The molecule has 3 heteroatoms. The summed E-state index contributed by atoms with van der Waals surface area (Å²) in [6.07, 6.45) is 1.86. The molecule has 1 atom stereocenters. The summed E-state index contributed by atoms with van der Waals surface area (Å²) in [7, 11) is 0. The number of carbonyl (C=O) groups excluding carboxylic acids is 1. The van der Waals surface area contributed by atoms with Crippen LogP contribution in [0.2, 0.25) is 0 Å². The van der Waals surface area contributed by atoms with Crippen LogP contribution >= 0.6 is 0 Å². The van der Waals surface area contributed by atoms with Crippen molar-refractivity contribution in [2.75, 3.05) is 19.7 Å². The Hall–Kier alpha value is -0.730. The number of rotatable bonds is 2. The van der Waals surface area contributed by atoms with Gasteiger partial charge in [-0.15, -0.1) is 0 Å². The summed E-state index contributed by atoms with van der Waals surface area (Å²) in [4.78, 5) is 13.4. The largest absolute Gasteiger partial charge is 0.449 e. The number of amides is 1. The quantitative estimate of drug-likeness (QED) is 0.706. The molecule has 1 saturated heterocycles. The molecule has 0 bridgehead atoms. The first-order valence-electron chi connectivity index (χ1n) is 5.87. The Morgan fingerprint density at radius 1 is 1.47 bits per heavy atom. The maximum absolute atomic E-state index is 11.6. The van der Waals surface area contributed by atoms with Gasteiger partial charge in [-0.05, 0) is 24.2 Å². The van der Waals surface area contributed by atoms with Crippen molar-refractivity contribution in [1.82, 2.24) is 4.90 Å². The lowest BCUT2D eigenvalue weighted by molar-refractivity contribution is 0.106. The zero-order valence-electron chi connectivity index (χ0n) is 10.4. The lowest BCUT2D eigenvalue weighted by Crippen LogP contribution is -2.31. The molecule has 0 saturated carbocycles. The van der Waals surface area contributed by atoms with Gasteiger partial charge in [0.1, 0.15) is 0 Å². The number of carbonyl (C=O) groups is 1. The first-order chi connectivity index (χ1) is 6.95. The molecule has 1 heterocycles. The minimum atomic E-state index is -0.136. The van der Waals surface area contributed by atoms with Gasteiger partial charge in [0.25, 0.3) is 0 Å². The Morgan fingerprint density at radius 2 is 2.13 bits per heavy atom. The first kappa shape index (κ1) is 12.3. The predicted molar refractivity (Wildman–Crippen MR) is 60.8 cm³/mol. The summed E-state index contributed by atoms with van der Waals surface area (Å²) in [6, 6.07) is 0. The molecule has 88 valence electrons. The van der Waals surface area contributed by atoms with Gasteiger partial charge >= 0.3 is 6.09 Å². The van der Waals surface area contributed by atoms with Crippen molar-refractivity contribution in [3.63, 3.8) is 0 Å². The van der Waals surface area contributed by atoms with E-state index in [9.17, 15) is 4.79 Å².